The Bertz CT molecular complexity index is 2340. The van der Waals surface area contributed by atoms with Crippen LogP contribution in [0, 0.1) is 41.5 Å². The predicted octanol–water partition coefficient (Wildman–Crippen LogP) is 13.3. The van der Waals surface area contributed by atoms with Gasteiger partial charge in [0.05, 0.1) is 5.30 Å². The Morgan fingerprint density at radius 3 is 1.21 bits per heavy atom. The van der Waals surface area contributed by atoms with E-state index in [1.165, 1.54) is 55.6 Å². The Morgan fingerprint density at radius 1 is 0.404 bits per heavy atom. The Morgan fingerprint density at radius 2 is 0.788 bits per heavy atom. The van der Waals surface area contributed by atoms with Crippen LogP contribution in [-0.2, 0) is 17.4 Å². The smallest absolute Gasteiger partial charge is 0.192 e. The van der Waals surface area contributed by atoms with E-state index in [0.29, 0.717) is 0 Å². The molecule has 7 rings (SSSR count). The molecule has 0 fully saturated rings. The van der Waals surface area contributed by atoms with Gasteiger partial charge in [-0.25, -0.2) is 0 Å². The van der Waals surface area contributed by atoms with Crippen LogP contribution in [0.5, 0.6) is 0 Å². The predicted molar refractivity (Wildman–Crippen MR) is 222 cm³/mol. The van der Waals surface area contributed by atoms with Gasteiger partial charge in [0.1, 0.15) is 0 Å². The van der Waals surface area contributed by atoms with E-state index in [0.717, 1.165) is 62.7 Å². The molecule has 0 radical (unpaired) electrons. The van der Waals surface area contributed by atoms with E-state index < -0.39 is 0 Å². The van der Waals surface area contributed by atoms with Crippen LogP contribution in [0.1, 0.15) is 55.6 Å². The van der Waals surface area contributed by atoms with Crippen LogP contribution in [0.2, 0.25) is 0 Å². The van der Waals surface area contributed by atoms with Gasteiger partial charge < -0.3 is 0 Å². The molecule has 0 saturated heterocycles. The molecule has 7 aromatic rings. The molecular formula is C50H45OP. The van der Waals surface area contributed by atoms with Gasteiger partial charge in [0.15, 0.2) is 8.46 Å². The van der Waals surface area contributed by atoms with Crippen molar-refractivity contribution in [3.05, 3.63) is 195 Å². The molecule has 0 spiro atoms. The van der Waals surface area contributed by atoms with Crippen LogP contribution >= 0.6 is 8.46 Å². The summed E-state index contributed by atoms with van der Waals surface area (Å²) >= 11 is 0. The van der Waals surface area contributed by atoms with E-state index in [9.17, 15) is 4.57 Å². The first-order valence-corrected chi connectivity index (χ1v) is 19.0. The highest BCUT2D eigenvalue weighted by Crippen LogP contribution is 2.46. The molecule has 0 heterocycles. The highest BCUT2D eigenvalue weighted by atomic mass is 31.1. The van der Waals surface area contributed by atoms with Crippen molar-refractivity contribution in [2.45, 2.75) is 54.4 Å². The van der Waals surface area contributed by atoms with Crippen LogP contribution in [0.25, 0.3) is 44.5 Å². The Labute approximate surface area is 311 Å². The van der Waals surface area contributed by atoms with Gasteiger partial charge in [0, 0.05) is 5.56 Å². The standard InChI is InChI=1S/C50H45OP/c1-32-25-34(3)44(35(4)26-32)29-38-17-21-42(22-18-38)48-46(40-13-9-7-10-14-40)31-47(52-51)49(41-15-11-8-12-16-41)50(48)43-23-19-39(20-24-43)30-45-36(5)27-33(2)28-37(45)6/h7-28,31H,29-30H2,1-6H3. The van der Waals surface area contributed by atoms with Crippen molar-refractivity contribution in [3.63, 3.8) is 0 Å². The van der Waals surface area contributed by atoms with Crippen LogP contribution in [0.3, 0.4) is 0 Å². The van der Waals surface area contributed by atoms with E-state index in [1.807, 2.05) is 6.07 Å². The molecule has 0 unspecified atom stereocenters. The third-order valence-electron chi connectivity index (χ3n) is 10.5. The minimum Gasteiger partial charge on any atom is -0.269 e. The van der Waals surface area contributed by atoms with Gasteiger partial charge in [-0.15, -0.1) is 0 Å². The van der Waals surface area contributed by atoms with Gasteiger partial charge in [-0.1, -0.05) is 145 Å². The Hall–Kier alpha value is -5.36. The fourth-order valence-corrected chi connectivity index (χ4v) is 8.55. The summed E-state index contributed by atoms with van der Waals surface area (Å²) in [6.45, 7) is 13.2. The Balaban J connectivity index is 1.43. The summed E-state index contributed by atoms with van der Waals surface area (Å²) < 4.78 is 13.2. The molecule has 0 aliphatic rings. The molecule has 52 heavy (non-hydrogen) atoms. The lowest BCUT2D eigenvalue weighted by Gasteiger charge is -2.23. The average Bonchev–Trinajstić information content (AvgIpc) is 3.15. The first-order chi connectivity index (χ1) is 25.2. The summed E-state index contributed by atoms with van der Waals surface area (Å²) in [6.07, 6.45) is 1.77. The maximum absolute atomic E-state index is 13.2. The molecule has 0 amide bonds. The minimum atomic E-state index is -0.0138. The third kappa shape index (κ3) is 7.20. The topological polar surface area (TPSA) is 17.1 Å². The molecular weight excluding hydrogens is 648 g/mol. The maximum Gasteiger partial charge on any atom is 0.192 e. The van der Waals surface area contributed by atoms with Crippen molar-refractivity contribution in [2.24, 2.45) is 0 Å². The summed E-state index contributed by atoms with van der Waals surface area (Å²) in [5.41, 5.74) is 22.0. The van der Waals surface area contributed by atoms with Gasteiger partial charge in [0.2, 0.25) is 0 Å². The molecule has 0 bridgehead atoms. The fraction of sp³-hybridized carbons (Fsp3) is 0.160. The maximum atomic E-state index is 13.2. The highest BCUT2D eigenvalue weighted by Gasteiger charge is 2.23. The lowest BCUT2D eigenvalue weighted by Crippen LogP contribution is -2.06. The number of hydrogen-bond donors (Lipinski definition) is 0. The summed E-state index contributed by atoms with van der Waals surface area (Å²) in [4.78, 5) is 0. The zero-order valence-electron chi connectivity index (χ0n) is 31.0. The third-order valence-corrected chi connectivity index (χ3v) is 11.0. The molecule has 0 saturated carbocycles. The molecule has 0 aromatic heterocycles. The molecule has 2 heteroatoms. The molecule has 7 aromatic carbocycles. The van der Waals surface area contributed by atoms with Crippen molar-refractivity contribution in [2.75, 3.05) is 0 Å². The summed E-state index contributed by atoms with van der Waals surface area (Å²) in [6, 6.07) is 50.4. The van der Waals surface area contributed by atoms with E-state index in [-0.39, 0.29) is 8.46 Å². The monoisotopic (exact) mass is 692 g/mol. The largest absolute Gasteiger partial charge is 0.269 e. The minimum absolute atomic E-state index is 0.0138. The lowest BCUT2D eigenvalue weighted by molar-refractivity contribution is 0.603. The van der Waals surface area contributed by atoms with E-state index >= 15 is 0 Å². The van der Waals surface area contributed by atoms with Crippen molar-refractivity contribution in [1.29, 1.82) is 0 Å². The summed E-state index contributed by atoms with van der Waals surface area (Å²) in [5.74, 6) is 0. The second-order valence-electron chi connectivity index (χ2n) is 14.4. The normalized spacial score (nSPS) is 11.3. The first kappa shape index (κ1) is 35.1. The van der Waals surface area contributed by atoms with E-state index in [1.54, 1.807) is 0 Å². The van der Waals surface area contributed by atoms with Crippen molar-refractivity contribution >= 4 is 13.8 Å². The van der Waals surface area contributed by atoms with E-state index in [2.05, 4.69) is 175 Å². The summed E-state index contributed by atoms with van der Waals surface area (Å²) in [7, 11) is -0.0138. The number of hydrogen-bond acceptors (Lipinski definition) is 1. The van der Waals surface area contributed by atoms with Crippen molar-refractivity contribution in [3.8, 4) is 44.5 Å². The van der Waals surface area contributed by atoms with E-state index in [4.69, 9.17) is 0 Å². The second-order valence-corrected chi connectivity index (χ2v) is 15.1. The Kier molecular flexibility index (Phi) is 10.2. The number of aryl methyl sites for hydroxylation is 6. The van der Waals surface area contributed by atoms with Crippen LogP contribution < -0.4 is 5.30 Å². The van der Waals surface area contributed by atoms with Crippen LogP contribution in [0.4, 0.5) is 0 Å². The first-order valence-electron chi connectivity index (χ1n) is 18.2. The summed E-state index contributed by atoms with van der Waals surface area (Å²) in [5, 5.41) is 0.778. The highest BCUT2D eigenvalue weighted by molar-refractivity contribution is 7.34. The van der Waals surface area contributed by atoms with Gasteiger partial charge >= 0.3 is 0 Å². The molecule has 0 aliphatic heterocycles. The number of rotatable bonds is 9. The van der Waals surface area contributed by atoms with Gasteiger partial charge in [0.25, 0.3) is 0 Å². The van der Waals surface area contributed by atoms with Gasteiger partial charge in [-0.2, -0.15) is 0 Å². The van der Waals surface area contributed by atoms with Crippen LogP contribution in [-0.4, -0.2) is 0 Å². The molecule has 1 nitrogen and oxygen atoms in total. The average molecular weight is 693 g/mol. The quantitative estimate of drug-likeness (QED) is 0.138. The SMILES string of the molecule is Cc1cc(C)c(Cc2ccc(-c3c(-c4ccccc4)cc(P=O)c(-c4ccccc4)c3-c3ccc(Cc4c(C)cc(C)cc4C)cc3)cc2)c(C)c1. The molecule has 0 aliphatic carbocycles. The second kappa shape index (κ2) is 15.1. The lowest BCUT2D eigenvalue weighted by atomic mass is 9.82. The molecule has 256 valence electrons. The number of benzene rings is 7. The fourth-order valence-electron chi connectivity index (χ4n) is 8.04. The molecule has 0 N–H and O–H groups in total. The van der Waals surface area contributed by atoms with Gasteiger partial charge in [-0.3, -0.25) is 4.57 Å². The molecule has 0 atom stereocenters. The van der Waals surface area contributed by atoms with Crippen molar-refractivity contribution < 1.29 is 4.57 Å². The van der Waals surface area contributed by atoms with Gasteiger partial charge in [-0.05, 0) is 144 Å². The van der Waals surface area contributed by atoms with Crippen molar-refractivity contribution in [1.82, 2.24) is 0 Å². The zero-order chi connectivity index (χ0) is 36.4. The van der Waals surface area contributed by atoms with Crippen LogP contribution in [0.15, 0.2) is 140 Å². The zero-order valence-corrected chi connectivity index (χ0v) is 31.9.